The topological polar surface area (TPSA) is 33.5 Å². The number of furan rings is 1. The molecule has 0 atom stereocenters. The van der Waals surface area contributed by atoms with Gasteiger partial charge in [0.15, 0.2) is 5.76 Å². The summed E-state index contributed by atoms with van der Waals surface area (Å²) in [5, 5.41) is 0. The van der Waals surface area contributed by atoms with Gasteiger partial charge in [0.25, 0.3) is 5.91 Å². The summed E-state index contributed by atoms with van der Waals surface area (Å²) < 4.78 is 5.48. The van der Waals surface area contributed by atoms with Crippen LogP contribution in [0.25, 0.3) is 11.1 Å². The van der Waals surface area contributed by atoms with Crippen molar-refractivity contribution >= 4 is 17.7 Å². The van der Waals surface area contributed by atoms with Crippen molar-refractivity contribution < 1.29 is 9.21 Å². The largest absolute Gasteiger partial charge is 0.459 e. The molecule has 0 bridgehead atoms. The maximum Gasteiger partial charge on any atom is 0.290 e. The third-order valence-electron chi connectivity index (χ3n) is 3.87. The summed E-state index contributed by atoms with van der Waals surface area (Å²) in [6.45, 7) is 0.544. The lowest BCUT2D eigenvalue weighted by Gasteiger charge is -2.17. The first kappa shape index (κ1) is 16.4. The van der Waals surface area contributed by atoms with Gasteiger partial charge in [-0.1, -0.05) is 42.5 Å². The number of rotatable bonds is 5. The van der Waals surface area contributed by atoms with E-state index in [9.17, 15) is 4.79 Å². The Morgan fingerprint density at radius 3 is 2.42 bits per heavy atom. The zero-order chi connectivity index (χ0) is 16.9. The van der Waals surface area contributed by atoms with Gasteiger partial charge in [0.05, 0.1) is 6.26 Å². The first-order valence-electron chi connectivity index (χ1n) is 7.70. The Labute approximate surface area is 146 Å². The van der Waals surface area contributed by atoms with Crippen molar-refractivity contribution in [2.75, 3.05) is 13.3 Å². The molecule has 0 aliphatic rings. The van der Waals surface area contributed by atoms with Gasteiger partial charge in [-0.2, -0.15) is 0 Å². The second kappa shape index (κ2) is 7.41. The fourth-order valence-electron chi connectivity index (χ4n) is 2.57. The van der Waals surface area contributed by atoms with E-state index in [1.54, 1.807) is 30.0 Å². The Kier molecular flexibility index (Phi) is 5.06. The van der Waals surface area contributed by atoms with E-state index in [1.807, 2.05) is 42.7 Å². The average molecular weight is 337 g/mol. The van der Waals surface area contributed by atoms with Gasteiger partial charge in [-0.3, -0.25) is 4.79 Å². The number of amides is 1. The SMILES string of the molecule is CSc1ccc(CN(C)C(=O)c2occc2-c2ccccc2)cc1. The molecule has 122 valence electrons. The molecule has 0 fully saturated rings. The van der Waals surface area contributed by atoms with Gasteiger partial charge in [-0.05, 0) is 35.6 Å². The molecular weight excluding hydrogens is 318 g/mol. The summed E-state index contributed by atoms with van der Waals surface area (Å²) >= 11 is 1.70. The third kappa shape index (κ3) is 3.54. The number of carbonyl (C=O) groups excluding carboxylic acids is 1. The van der Waals surface area contributed by atoms with Crippen molar-refractivity contribution in [2.45, 2.75) is 11.4 Å². The smallest absolute Gasteiger partial charge is 0.290 e. The normalized spacial score (nSPS) is 10.6. The van der Waals surface area contributed by atoms with Crippen LogP contribution in [0.5, 0.6) is 0 Å². The van der Waals surface area contributed by atoms with Crippen LogP contribution in [0.3, 0.4) is 0 Å². The summed E-state index contributed by atoms with van der Waals surface area (Å²) in [6.07, 6.45) is 3.61. The molecular formula is C20H19NO2S. The molecule has 3 nitrogen and oxygen atoms in total. The highest BCUT2D eigenvalue weighted by Gasteiger charge is 2.20. The Morgan fingerprint density at radius 1 is 1.04 bits per heavy atom. The van der Waals surface area contributed by atoms with Crippen LogP contribution in [0.2, 0.25) is 0 Å². The minimum Gasteiger partial charge on any atom is -0.459 e. The molecule has 2 aromatic carbocycles. The van der Waals surface area contributed by atoms with Crippen LogP contribution in [-0.2, 0) is 6.54 Å². The molecule has 4 heteroatoms. The van der Waals surface area contributed by atoms with E-state index in [0.29, 0.717) is 12.3 Å². The Balaban J connectivity index is 1.78. The van der Waals surface area contributed by atoms with E-state index in [4.69, 9.17) is 4.42 Å². The summed E-state index contributed by atoms with van der Waals surface area (Å²) in [5.41, 5.74) is 2.90. The van der Waals surface area contributed by atoms with Gasteiger partial charge >= 0.3 is 0 Å². The van der Waals surface area contributed by atoms with Gasteiger partial charge < -0.3 is 9.32 Å². The van der Waals surface area contributed by atoms with Crippen LogP contribution in [0.1, 0.15) is 16.1 Å². The number of benzene rings is 2. The first-order valence-corrected chi connectivity index (χ1v) is 8.93. The van der Waals surface area contributed by atoms with Gasteiger partial charge in [0.1, 0.15) is 0 Å². The summed E-state index contributed by atoms with van der Waals surface area (Å²) in [7, 11) is 1.79. The lowest BCUT2D eigenvalue weighted by Crippen LogP contribution is -2.26. The first-order chi connectivity index (χ1) is 11.7. The molecule has 0 N–H and O–H groups in total. The molecule has 0 aliphatic carbocycles. The Hall–Kier alpha value is -2.46. The number of hydrogen-bond acceptors (Lipinski definition) is 3. The van der Waals surface area contributed by atoms with Gasteiger partial charge in [0.2, 0.25) is 0 Å². The van der Waals surface area contributed by atoms with Crippen LogP contribution < -0.4 is 0 Å². The molecule has 1 heterocycles. The lowest BCUT2D eigenvalue weighted by molar-refractivity contribution is 0.0754. The van der Waals surface area contributed by atoms with Crippen LogP contribution in [-0.4, -0.2) is 24.1 Å². The van der Waals surface area contributed by atoms with E-state index in [1.165, 1.54) is 4.90 Å². The van der Waals surface area contributed by atoms with Crippen molar-refractivity contribution in [1.82, 2.24) is 4.90 Å². The lowest BCUT2D eigenvalue weighted by atomic mass is 10.1. The van der Waals surface area contributed by atoms with Crippen LogP contribution >= 0.6 is 11.8 Å². The Morgan fingerprint density at radius 2 is 1.75 bits per heavy atom. The molecule has 0 aliphatic heterocycles. The number of hydrogen-bond donors (Lipinski definition) is 0. The molecule has 0 saturated heterocycles. The molecule has 0 unspecified atom stereocenters. The summed E-state index contributed by atoms with van der Waals surface area (Å²) in [4.78, 5) is 15.6. The van der Waals surface area contributed by atoms with Crippen LogP contribution in [0, 0.1) is 0 Å². The number of nitrogens with zero attached hydrogens (tertiary/aromatic N) is 1. The fraction of sp³-hybridized carbons (Fsp3) is 0.150. The van der Waals surface area contributed by atoms with Crippen molar-refractivity contribution in [3.05, 3.63) is 78.3 Å². The van der Waals surface area contributed by atoms with E-state index in [0.717, 1.165) is 16.7 Å². The number of thioether (sulfide) groups is 1. The second-order valence-electron chi connectivity index (χ2n) is 5.54. The summed E-state index contributed by atoms with van der Waals surface area (Å²) in [5.74, 6) is 0.261. The van der Waals surface area contributed by atoms with Crippen molar-refractivity contribution in [3.63, 3.8) is 0 Å². The maximum absolute atomic E-state index is 12.8. The second-order valence-corrected chi connectivity index (χ2v) is 6.42. The van der Waals surface area contributed by atoms with Crippen LogP contribution in [0.15, 0.2) is 76.2 Å². The molecule has 0 radical (unpaired) electrons. The molecule has 0 spiro atoms. The highest BCUT2D eigenvalue weighted by Crippen LogP contribution is 2.26. The predicted octanol–water partition coefficient (Wildman–Crippen LogP) is 4.94. The summed E-state index contributed by atoms with van der Waals surface area (Å²) in [6, 6.07) is 19.9. The zero-order valence-corrected chi connectivity index (χ0v) is 14.5. The van der Waals surface area contributed by atoms with E-state index in [2.05, 4.69) is 24.3 Å². The van der Waals surface area contributed by atoms with E-state index in [-0.39, 0.29) is 5.91 Å². The quantitative estimate of drug-likeness (QED) is 0.618. The monoisotopic (exact) mass is 337 g/mol. The molecule has 3 rings (SSSR count). The number of carbonyl (C=O) groups is 1. The van der Waals surface area contributed by atoms with Gasteiger partial charge in [-0.15, -0.1) is 11.8 Å². The van der Waals surface area contributed by atoms with E-state index >= 15 is 0 Å². The van der Waals surface area contributed by atoms with Gasteiger partial charge in [-0.25, -0.2) is 0 Å². The van der Waals surface area contributed by atoms with E-state index < -0.39 is 0 Å². The highest BCUT2D eigenvalue weighted by atomic mass is 32.2. The third-order valence-corrected chi connectivity index (χ3v) is 4.61. The predicted molar refractivity (Wildman–Crippen MR) is 98.2 cm³/mol. The van der Waals surface area contributed by atoms with Crippen molar-refractivity contribution in [3.8, 4) is 11.1 Å². The minimum atomic E-state index is -0.118. The highest BCUT2D eigenvalue weighted by molar-refractivity contribution is 7.98. The minimum absolute atomic E-state index is 0.118. The Bertz CT molecular complexity index is 809. The van der Waals surface area contributed by atoms with Crippen molar-refractivity contribution in [2.24, 2.45) is 0 Å². The average Bonchev–Trinajstić information content (AvgIpc) is 3.12. The molecule has 3 aromatic rings. The molecule has 0 saturated carbocycles. The fourth-order valence-corrected chi connectivity index (χ4v) is 2.98. The van der Waals surface area contributed by atoms with Gasteiger partial charge in [0, 0.05) is 24.1 Å². The zero-order valence-electron chi connectivity index (χ0n) is 13.7. The maximum atomic E-state index is 12.8. The molecule has 1 aromatic heterocycles. The molecule has 1 amide bonds. The standard InChI is InChI=1S/C20H19NO2S/c1-21(14-15-8-10-17(24-2)11-9-15)20(22)19-18(12-13-23-19)16-6-4-3-5-7-16/h3-13H,14H2,1-2H3. The van der Waals surface area contributed by atoms with Crippen LogP contribution in [0.4, 0.5) is 0 Å². The molecule has 24 heavy (non-hydrogen) atoms. The van der Waals surface area contributed by atoms with Crippen molar-refractivity contribution in [1.29, 1.82) is 0 Å².